The van der Waals surface area contributed by atoms with Crippen molar-refractivity contribution < 1.29 is 8.42 Å². The van der Waals surface area contributed by atoms with Crippen molar-refractivity contribution in [2.45, 2.75) is 55.9 Å². The Morgan fingerprint density at radius 1 is 0.765 bits per heavy atom. The Morgan fingerprint density at radius 2 is 1.47 bits per heavy atom. The molecule has 34 heavy (non-hydrogen) atoms. The average molecular weight is 528 g/mol. The summed E-state index contributed by atoms with van der Waals surface area (Å²) in [4.78, 5) is 10.1. The summed E-state index contributed by atoms with van der Waals surface area (Å²) in [7, 11) is -3.43. The van der Waals surface area contributed by atoms with Crippen LogP contribution in [0.3, 0.4) is 0 Å². The van der Waals surface area contributed by atoms with Gasteiger partial charge >= 0.3 is 0 Å². The van der Waals surface area contributed by atoms with Gasteiger partial charge in [-0.25, -0.2) is 13.4 Å². The molecule has 9 heteroatoms. The van der Waals surface area contributed by atoms with Gasteiger partial charge in [0.05, 0.1) is 4.90 Å². The van der Waals surface area contributed by atoms with Gasteiger partial charge in [-0.1, -0.05) is 31.4 Å². The smallest absolute Gasteiger partial charge is 0.243 e. The van der Waals surface area contributed by atoms with Crippen molar-refractivity contribution in [2.75, 3.05) is 44.2 Å². The van der Waals surface area contributed by atoms with E-state index in [1.165, 1.54) is 25.7 Å². The summed E-state index contributed by atoms with van der Waals surface area (Å²) in [5, 5.41) is 0. The highest BCUT2D eigenvalue weighted by Crippen LogP contribution is 2.28. The summed E-state index contributed by atoms with van der Waals surface area (Å²) in [6.07, 6.45) is 10.4. The highest BCUT2D eigenvalue weighted by Gasteiger charge is 2.27. The van der Waals surface area contributed by atoms with E-state index >= 15 is 0 Å². The van der Waals surface area contributed by atoms with E-state index in [9.17, 15) is 8.42 Å². The number of hydrogen-bond acceptors (Lipinski definition) is 5. The number of halogens is 2. The van der Waals surface area contributed by atoms with E-state index < -0.39 is 10.0 Å². The summed E-state index contributed by atoms with van der Waals surface area (Å²) in [6.45, 7) is 5.52. The quantitative estimate of drug-likeness (QED) is 0.558. The Hall–Kier alpha value is -1.38. The molecule has 0 N–H and O–H groups in total. The lowest BCUT2D eigenvalue weighted by Gasteiger charge is -2.38. The third-order valence-electron chi connectivity index (χ3n) is 7.35. The minimum atomic E-state index is -3.43. The Labute approximate surface area is 216 Å². The van der Waals surface area contributed by atoms with Gasteiger partial charge in [0.1, 0.15) is 5.82 Å². The van der Waals surface area contributed by atoms with Gasteiger partial charge in [0.25, 0.3) is 0 Å². The molecular weight excluding hydrogens is 491 g/mol. The molecule has 188 valence electrons. The van der Waals surface area contributed by atoms with Crippen LogP contribution in [0.5, 0.6) is 0 Å². The van der Waals surface area contributed by atoms with E-state index in [1.54, 1.807) is 16.4 Å². The van der Waals surface area contributed by atoms with Crippen molar-refractivity contribution in [1.29, 1.82) is 0 Å². The maximum Gasteiger partial charge on any atom is 0.243 e. The van der Waals surface area contributed by atoms with Crippen LogP contribution in [0.4, 0.5) is 5.82 Å². The van der Waals surface area contributed by atoms with Crippen molar-refractivity contribution in [2.24, 2.45) is 0 Å². The third-order valence-corrected chi connectivity index (χ3v) is 9.24. The molecule has 2 aromatic rings. The lowest BCUT2D eigenvalue weighted by molar-refractivity contribution is 0.187. The first-order chi connectivity index (χ1) is 15.6. The van der Waals surface area contributed by atoms with Gasteiger partial charge in [-0.3, -0.25) is 4.90 Å². The molecule has 3 aliphatic rings. The number of hydrogen-bond donors (Lipinski definition) is 0. The largest absolute Gasteiger partial charge is 0.354 e. The number of nitrogens with zero attached hydrogens (tertiary/aromatic N) is 4. The predicted molar refractivity (Wildman–Crippen MR) is 143 cm³/mol. The van der Waals surface area contributed by atoms with Gasteiger partial charge in [0.15, 0.2) is 0 Å². The predicted octanol–water partition coefficient (Wildman–Crippen LogP) is 4.83. The number of anilines is 1. The maximum atomic E-state index is 13.1. The topological polar surface area (TPSA) is 56.8 Å². The summed E-state index contributed by atoms with van der Waals surface area (Å²) in [5.41, 5.74) is 1.85. The van der Waals surface area contributed by atoms with Crippen LogP contribution in [0.15, 0.2) is 47.5 Å². The van der Waals surface area contributed by atoms with Crippen molar-refractivity contribution in [3.63, 3.8) is 0 Å². The van der Waals surface area contributed by atoms with E-state index in [4.69, 9.17) is 4.98 Å². The molecule has 0 unspecified atom stereocenters. The van der Waals surface area contributed by atoms with E-state index in [-0.39, 0.29) is 24.8 Å². The molecule has 2 aliphatic heterocycles. The highest BCUT2D eigenvalue weighted by atomic mass is 35.5. The molecule has 0 amide bonds. The molecule has 0 bridgehead atoms. The molecule has 3 fully saturated rings. The van der Waals surface area contributed by atoms with Crippen LogP contribution in [0.25, 0.3) is 11.1 Å². The average Bonchev–Trinajstić information content (AvgIpc) is 3.40. The van der Waals surface area contributed by atoms with Crippen molar-refractivity contribution in [3.05, 3.63) is 42.6 Å². The normalized spacial score (nSPS) is 20.5. The fourth-order valence-electron chi connectivity index (χ4n) is 5.42. The number of aromatic nitrogens is 1. The maximum absolute atomic E-state index is 13.1. The Bertz CT molecular complexity index is 1020. The molecule has 6 nitrogen and oxygen atoms in total. The minimum Gasteiger partial charge on any atom is -0.354 e. The zero-order chi connectivity index (χ0) is 22.0. The minimum absolute atomic E-state index is 0. The molecule has 0 spiro atoms. The van der Waals surface area contributed by atoms with Crippen LogP contribution in [0.1, 0.15) is 44.9 Å². The first kappa shape index (κ1) is 27.2. The van der Waals surface area contributed by atoms with Crippen LogP contribution in [0, 0.1) is 0 Å². The van der Waals surface area contributed by atoms with Crippen molar-refractivity contribution in [1.82, 2.24) is 14.2 Å². The second-order valence-electron chi connectivity index (χ2n) is 9.36. The van der Waals surface area contributed by atoms with Gasteiger partial charge in [-0.15, -0.1) is 24.8 Å². The van der Waals surface area contributed by atoms with Crippen LogP contribution in [-0.2, 0) is 10.0 Å². The third kappa shape index (κ3) is 5.88. The SMILES string of the molecule is Cl.Cl.O=S(=O)(c1cccc(-c2ccc(N3CCN(C4CCCC4)CC3)nc2)c1)N1CCCCC1. The van der Waals surface area contributed by atoms with Gasteiger partial charge < -0.3 is 4.90 Å². The van der Waals surface area contributed by atoms with E-state index in [0.717, 1.165) is 68.4 Å². The van der Waals surface area contributed by atoms with Crippen LogP contribution >= 0.6 is 24.8 Å². The number of pyridine rings is 1. The summed E-state index contributed by atoms with van der Waals surface area (Å²) >= 11 is 0. The lowest BCUT2D eigenvalue weighted by atomic mass is 10.1. The van der Waals surface area contributed by atoms with E-state index in [1.807, 2.05) is 18.3 Å². The second-order valence-corrected chi connectivity index (χ2v) is 11.3. The fourth-order valence-corrected chi connectivity index (χ4v) is 6.98. The molecule has 1 aliphatic carbocycles. The number of rotatable bonds is 5. The van der Waals surface area contributed by atoms with Gasteiger partial charge in [-0.05, 0) is 55.5 Å². The Morgan fingerprint density at radius 3 is 2.12 bits per heavy atom. The van der Waals surface area contributed by atoms with Crippen molar-refractivity contribution >= 4 is 40.7 Å². The summed E-state index contributed by atoms with van der Waals surface area (Å²) in [6, 6.07) is 12.2. The van der Waals surface area contributed by atoms with Crippen LogP contribution < -0.4 is 4.90 Å². The fraction of sp³-hybridized carbons (Fsp3) is 0.560. The molecule has 1 aromatic heterocycles. The van der Waals surface area contributed by atoms with Crippen LogP contribution in [-0.4, -0.2) is 67.9 Å². The summed E-state index contributed by atoms with van der Waals surface area (Å²) < 4.78 is 27.7. The monoisotopic (exact) mass is 526 g/mol. The summed E-state index contributed by atoms with van der Waals surface area (Å²) in [5.74, 6) is 1.01. The molecule has 2 saturated heterocycles. The molecular formula is C25H36Cl2N4O2S. The molecule has 1 saturated carbocycles. The first-order valence-corrected chi connectivity index (χ1v) is 13.6. The molecule has 0 atom stereocenters. The number of sulfonamides is 1. The van der Waals surface area contributed by atoms with Gasteiger partial charge in [0, 0.05) is 57.1 Å². The van der Waals surface area contributed by atoms with Gasteiger partial charge in [0.2, 0.25) is 10.0 Å². The molecule has 0 radical (unpaired) electrons. The second kappa shape index (κ2) is 12.0. The number of benzene rings is 1. The zero-order valence-electron chi connectivity index (χ0n) is 19.6. The molecule has 5 rings (SSSR count). The number of piperazine rings is 1. The molecule has 1 aromatic carbocycles. The van der Waals surface area contributed by atoms with E-state index in [0.29, 0.717) is 18.0 Å². The highest BCUT2D eigenvalue weighted by molar-refractivity contribution is 7.89. The standard InChI is InChI=1S/C25H34N4O2S.2ClH/c30-32(31,29-13-4-1-5-14-29)24-10-6-7-21(19-24)22-11-12-25(26-20-22)28-17-15-27(16-18-28)23-8-2-3-9-23;;/h6-7,10-12,19-20,23H,1-5,8-9,13-18H2;2*1H. The Kier molecular flexibility index (Phi) is 9.64. The van der Waals surface area contributed by atoms with Gasteiger partial charge in [-0.2, -0.15) is 4.31 Å². The Balaban J connectivity index is 0.00000162. The number of piperidine rings is 1. The van der Waals surface area contributed by atoms with Crippen LogP contribution in [0.2, 0.25) is 0 Å². The lowest BCUT2D eigenvalue weighted by Crippen LogP contribution is -2.49. The molecule has 3 heterocycles. The zero-order valence-corrected chi connectivity index (χ0v) is 22.1. The first-order valence-electron chi connectivity index (χ1n) is 12.2. The van der Waals surface area contributed by atoms with Crippen molar-refractivity contribution in [3.8, 4) is 11.1 Å². The van der Waals surface area contributed by atoms with E-state index in [2.05, 4.69) is 21.9 Å².